The topological polar surface area (TPSA) is 67.4 Å². The molecule has 1 atom stereocenters. The Morgan fingerprint density at radius 2 is 1.87 bits per heavy atom. The van der Waals surface area contributed by atoms with Crippen molar-refractivity contribution in [2.75, 3.05) is 36.8 Å². The number of hydrogen-bond acceptors (Lipinski definition) is 5. The van der Waals surface area contributed by atoms with Crippen LogP contribution in [0.15, 0.2) is 30.3 Å². The van der Waals surface area contributed by atoms with E-state index in [1.807, 2.05) is 48.9 Å². The predicted octanol–water partition coefficient (Wildman–Crippen LogP) is 1.60. The van der Waals surface area contributed by atoms with Crippen molar-refractivity contribution in [3.63, 3.8) is 0 Å². The molecule has 1 fully saturated rings. The number of rotatable bonds is 4. The van der Waals surface area contributed by atoms with E-state index < -0.39 is 0 Å². The highest BCUT2D eigenvalue weighted by Crippen LogP contribution is 2.25. The van der Waals surface area contributed by atoms with Crippen LogP contribution in [-0.4, -0.2) is 47.1 Å². The summed E-state index contributed by atoms with van der Waals surface area (Å²) in [6.45, 7) is 7.22. The lowest BCUT2D eigenvalue weighted by Gasteiger charge is -2.39. The number of para-hydroxylation sites is 2. The molecule has 1 aliphatic heterocycles. The third kappa shape index (κ3) is 3.07. The zero-order chi connectivity index (χ0) is 16.4. The number of hydrogen-bond donors (Lipinski definition) is 1. The molecule has 1 unspecified atom stereocenters. The van der Waals surface area contributed by atoms with Gasteiger partial charge in [0.2, 0.25) is 0 Å². The zero-order valence-electron chi connectivity index (χ0n) is 13.6. The molecule has 3 rings (SSSR count). The molecule has 2 heterocycles. The van der Waals surface area contributed by atoms with E-state index in [-0.39, 0.29) is 6.17 Å². The maximum absolute atomic E-state index is 11.6. The summed E-state index contributed by atoms with van der Waals surface area (Å²) in [5.74, 6) is 0. The molecule has 2 N–H and O–H groups in total. The minimum absolute atomic E-state index is 0.334. The van der Waals surface area contributed by atoms with Gasteiger partial charge < -0.3 is 10.6 Å². The van der Waals surface area contributed by atoms with Gasteiger partial charge in [-0.05, 0) is 32.0 Å². The maximum Gasteiger partial charge on any atom is 0.160 e. The summed E-state index contributed by atoms with van der Waals surface area (Å²) in [4.78, 5) is 16.1. The van der Waals surface area contributed by atoms with Crippen LogP contribution in [0.5, 0.6) is 0 Å². The Kier molecular flexibility index (Phi) is 4.34. The molecule has 1 aromatic carbocycles. The molecule has 0 saturated carbocycles. The third-order valence-corrected chi connectivity index (χ3v) is 4.38. The Balaban J connectivity index is 1.72. The number of nitrogens with zero attached hydrogens (tertiary/aromatic N) is 4. The van der Waals surface area contributed by atoms with Gasteiger partial charge in [0.15, 0.2) is 12.5 Å². The number of aryl methyl sites for hydroxylation is 2. The lowest BCUT2D eigenvalue weighted by Crippen LogP contribution is -2.49. The van der Waals surface area contributed by atoms with E-state index in [0.29, 0.717) is 0 Å². The number of nitrogens with two attached hydrogens (primary N) is 1. The van der Waals surface area contributed by atoms with Gasteiger partial charge in [-0.3, -0.25) is 9.69 Å². The number of piperazine rings is 1. The van der Waals surface area contributed by atoms with Crippen LogP contribution in [0.2, 0.25) is 0 Å². The number of carbonyl (C=O) groups excluding carboxylic acids is 1. The van der Waals surface area contributed by atoms with Crippen LogP contribution in [0.3, 0.4) is 0 Å². The van der Waals surface area contributed by atoms with E-state index in [2.05, 4.69) is 14.9 Å². The lowest BCUT2D eigenvalue weighted by molar-refractivity contribution is -0.116. The normalized spacial score (nSPS) is 17.2. The molecule has 0 bridgehead atoms. The molecular formula is C17H23N5O. The van der Waals surface area contributed by atoms with Crippen molar-refractivity contribution < 1.29 is 4.79 Å². The molecule has 0 spiro atoms. The van der Waals surface area contributed by atoms with Crippen molar-refractivity contribution in [3.05, 3.63) is 41.7 Å². The highest BCUT2D eigenvalue weighted by Gasteiger charge is 2.26. The maximum atomic E-state index is 11.6. The first-order valence-corrected chi connectivity index (χ1v) is 7.91. The number of nitrogen functional groups attached to an aromatic ring is 1. The minimum Gasteiger partial charge on any atom is -0.397 e. The van der Waals surface area contributed by atoms with Gasteiger partial charge >= 0.3 is 0 Å². The molecule has 6 heteroatoms. The quantitative estimate of drug-likeness (QED) is 0.686. The van der Waals surface area contributed by atoms with Gasteiger partial charge in [-0.1, -0.05) is 12.1 Å². The Bertz CT molecular complexity index is 688. The van der Waals surface area contributed by atoms with Gasteiger partial charge in [0.05, 0.1) is 17.1 Å². The van der Waals surface area contributed by atoms with E-state index >= 15 is 0 Å². The van der Waals surface area contributed by atoms with Crippen molar-refractivity contribution in [1.29, 1.82) is 0 Å². The average molecular weight is 313 g/mol. The van der Waals surface area contributed by atoms with E-state index in [4.69, 9.17) is 5.73 Å². The summed E-state index contributed by atoms with van der Waals surface area (Å²) in [6.07, 6.45) is 0.644. The molecule has 6 nitrogen and oxygen atoms in total. The summed E-state index contributed by atoms with van der Waals surface area (Å²) in [6, 6.07) is 9.91. The first kappa shape index (κ1) is 15.6. The van der Waals surface area contributed by atoms with Crippen molar-refractivity contribution in [2.24, 2.45) is 0 Å². The van der Waals surface area contributed by atoms with Crippen LogP contribution >= 0.6 is 0 Å². The minimum atomic E-state index is -0.334. The van der Waals surface area contributed by atoms with Gasteiger partial charge in [0.1, 0.15) is 0 Å². The molecule has 1 aliphatic rings. The average Bonchev–Trinajstić information content (AvgIpc) is 2.88. The summed E-state index contributed by atoms with van der Waals surface area (Å²) in [7, 11) is 0. The number of benzene rings is 1. The summed E-state index contributed by atoms with van der Waals surface area (Å²) >= 11 is 0. The Hall–Kier alpha value is -2.34. The molecular weight excluding hydrogens is 290 g/mol. The molecule has 1 aromatic heterocycles. The van der Waals surface area contributed by atoms with Crippen molar-refractivity contribution in [2.45, 2.75) is 20.0 Å². The van der Waals surface area contributed by atoms with Crippen LogP contribution in [0.4, 0.5) is 11.4 Å². The molecule has 2 aromatic rings. The van der Waals surface area contributed by atoms with Gasteiger partial charge in [-0.2, -0.15) is 5.10 Å². The van der Waals surface area contributed by atoms with Crippen LogP contribution in [0, 0.1) is 13.8 Å². The first-order valence-electron chi connectivity index (χ1n) is 7.91. The second kappa shape index (κ2) is 6.42. The van der Waals surface area contributed by atoms with Gasteiger partial charge in [0.25, 0.3) is 0 Å². The van der Waals surface area contributed by atoms with Crippen LogP contribution < -0.4 is 10.6 Å². The van der Waals surface area contributed by atoms with E-state index in [1.165, 1.54) is 0 Å². The fraction of sp³-hybridized carbons (Fsp3) is 0.412. The summed E-state index contributed by atoms with van der Waals surface area (Å²) in [5, 5.41) is 4.46. The largest absolute Gasteiger partial charge is 0.397 e. The predicted molar refractivity (Wildman–Crippen MR) is 91.4 cm³/mol. The zero-order valence-corrected chi connectivity index (χ0v) is 13.6. The lowest BCUT2D eigenvalue weighted by atomic mass is 10.2. The number of aldehydes is 1. The Morgan fingerprint density at radius 3 is 2.43 bits per heavy atom. The van der Waals surface area contributed by atoms with Gasteiger partial charge in [0, 0.05) is 31.9 Å². The van der Waals surface area contributed by atoms with Crippen molar-refractivity contribution >= 4 is 17.7 Å². The first-order chi connectivity index (χ1) is 11.1. The van der Waals surface area contributed by atoms with E-state index in [9.17, 15) is 4.79 Å². The highest BCUT2D eigenvalue weighted by atomic mass is 16.1. The number of carbonyl (C=O) groups is 1. The van der Waals surface area contributed by atoms with Crippen LogP contribution in [0.25, 0.3) is 0 Å². The van der Waals surface area contributed by atoms with Gasteiger partial charge in [-0.25, -0.2) is 4.68 Å². The second-order valence-corrected chi connectivity index (χ2v) is 6.00. The Labute approximate surface area is 136 Å². The monoisotopic (exact) mass is 313 g/mol. The molecule has 1 saturated heterocycles. The Morgan fingerprint density at radius 1 is 1.17 bits per heavy atom. The summed E-state index contributed by atoms with van der Waals surface area (Å²) < 4.78 is 1.81. The van der Waals surface area contributed by atoms with Crippen LogP contribution in [0.1, 0.15) is 17.6 Å². The van der Waals surface area contributed by atoms with Gasteiger partial charge in [-0.15, -0.1) is 0 Å². The SMILES string of the molecule is Cc1cc(C)n(C(C=O)N2CCN(c3ccccc3N)CC2)n1. The molecule has 0 radical (unpaired) electrons. The fourth-order valence-corrected chi connectivity index (χ4v) is 3.22. The van der Waals surface area contributed by atoms with Crippen LogP contribution in [-0.2, 0) is 4.79 Å². The van der Waals surface area contributed by atoms with E-state index in [0.717, 1.165) is 55.2 Å². The molecule has 0 amide bonds. The number of anilines is 2. The molecule has 23 heavy (non-hydrogen) atoms. The van der Waals surface area contributed by atoms with E-state index in [1.54, 1.807) is 0 Å². The van der Waals surface area contributed by atoms with Crippen molar-refractivity contribution in [3.8, 4) is 0 Å². The molecule has 122 valence electrons. The van der Waals surface area contributed by atoms with Crippen molar-refractivity contribution in [1.82, 2.24) is 14.7 Å². The third-order valence-electron chi connectivity index (χ3n) is 4.38. The second-order valence-electron chi connectivity index (χ2n) is 6.00. The highest BCUT2D eigenvalue weighted by molar-refractivity contribution is 5.67. The standard InChI is InChI=1S/C17H23N5O/c1-13-11-14(2)22(19-13)17(12-23)21-9-7-20(8-10-21)16-6-4-3-5-15(16)18/h3-6,11-12,17H,7-10,18H2,1-2H3. The number of aromatic nitrogens is 2. The molecule has 0 aliphatic carbocycles. The fourth-order valence-electron chi connectivity index (χ4n) is 3.22. The smallest absolute Gasteiger partial charge is 0.160 e. The summed E-state index contributed by atoms with van der Waals surface area (Å²) in [5.41, 5.74) is 9.87.